The molecule has 0 spiro atoms. The zero-order chi connectivity index (χ0) is 13.5. The first kappa shape index (κ1) is 12.0. The topological polar surface area (TPSA) is 72.9 Å². The van der Waals surface area contributed by atoms with Crippen LogP contribution in [-0.2, 0) is 6.54 Å². The third-order valence-electron chi connectivity index (χ3n) is 4.14. The van der Waals surface area contributed by atoms with E-state index in [4.69, 9.17) is 4.52 Å². The number of aromatic nitrogens is 5. The van der Waals surface area contributed by atoms with E-state index in [-0.39, 0.29) is 0 Å². The summed E-state index contributed by atoms with van der Waals surface area (Å²) in [5.41, 5.74) is 0.940. The molecular formula is C13H18N6O. The summed E-state index contributed by atoms with van der Waals surface area (Å²) in [6, 6.07) is 2.86. The Morgan fingerprint density at radius 2 is 2.25 bits per heavy atom. The summed E-state index contributed by atoms with van der Waals surface area (Å²) >= 11 is 0. The smallest absolute Gasteiger partial charge is 0.165 e. The Morgan fingerprint density at radius 1 is 1.35 bits per heavy atom. The first-order valence-electron chi connectivity index (χ1n) is 7.25. The molecule has 1 aliphatic heterocycles. The molecule has 7 nitrogen and oxygen atoms in total. The van der Waals surface area contributed by atoms with Crippen LogP contribution in [0.3, 0.4) is 0 Å². The second-order valence-electron chi connectivity index (χ2n) is 5.77. The predicted molar refractivity (Wildman–Crippen MR) is 69.7 cm³/mol. The van der Waals surface area contributed by atoms with Gasteiger partial charge in [-0.3, -0.25) is 4.90 Å². The van der Waals surface area contributed by atoms with Gasteiger partial charge in [0.2, 0.25) is 0 Å². The zero-order valence-electron chi connectivity index (χ0n) is 11.6. The van der Waals surface area contributed by atoms with Crippen LogP contribution >= 0.6 is 0 Å². The van der Waals surface area contributed by atoms with E-state index >= 15 is 0 Å². The molecule has 0 aromatic carbocycles. The first-order chi connectivity index (χ1) is 9.81. The highest BCUT2D eigenvalue weighted by atomic mass is 16.5. The minimum atomic E-state index is 0.306. The first-order valence-corrected chi connectivity index (χ1v) is 7.25. The Kier molecular flexibility index (Phi) is 2.80. The summed E-state index contributed by atoms with van der Waals surface area (Å²) < 4.78 is 7.42. The Hall–Kier alpha value is -1.76. The van der Waals surface area contributed by atoms with Crippen LogP contribution in [-0.4, -0.2) is 36.8 Å². The van der Waals surface area contributed by atoms with Gasteiger partial charge in [0.15, 0.2) is 11.6 Å². The largest absolute Gasteiger partial charge is 0.359 e. The normalized spacial score (nSPS) is 23.6. The molecule has 1 atom stereocenters. The van der Waals surface area contributed by atoms with Gasteiger partial charge in [-0.05, 0) is 49.6 Å². The van der Waals surface area contributed by atoms with Crippen molar-refractivity contribution >= 4 is 0 Å². The van der Waals surface area contributed by atoms with Crippen LogP contribution in [0.2, 0.25) is 0 Å². The van der Waals surface area contributed by atoms with Crippen molar-refractivity contribution in [3.63, 3.8) is 0 Å². The van der Waals surface area contributed by atoms with Crippen LogP contribution in [0.5, 0.6) is 0 Å². The Bertz CT molecular complexity index is 602. The molecule has 2 aromatic heterocycles. The maximum atomic E-state index is 5.44. The van der Waals surface area contributed by atoms with Crippen LogP contribution < -0.4 is 0 Å². The van der Waals surface area contributed by atoms with Crippen molar-refractivity contribution in [1.82, 2.24) is 30.3 Å². The molecule has 1 saturated carbocycles. The Balaban J connectivity index is 1.53. The second-order valence-corrected chi connectivity index (χ2v) is 5.77. The molecule has 0 unspecified atom stereocenters. The van der Waals surface area contributed by atoms with Gasteiger partial charge in [-0.25, -0.2) is 4.68 Å². The van der Waals surface area contributed by atoms with Crippen molar-refractivity contribution in [2.24, 2.45) is 0 Å². The number of hydrogen-bond donors (Lipinski definition) is 0. The molecule has 106 valence electrons. The van der Waals surface area contributed by atoms with Gasteiger partial charge in [0.25, 0.3) is 0 Å². The van der Waals surface area contributed by atoms with Gasteiger partial charge in [0.05, 0.1) is 24.3 Å². The molecule has 1 saturated heterocycles. The van der Waals surface area contributed by atoms with E-state index in [0.717, 1.165) is 36.8 Å². The highest BCUT2D eigenvalue weighted by Gasteiger charge is 2.33. The van der Waals surface area contributed by atoms with Crippen molar-refractivity contribution in [3.05, 3.63) is 23.3 Å². The van der Waals surface area contributed by atoms with Gasteiger partial charge in [-0.2, -0.15) is 0 Å². The lowest BCUT2D eigenvalue weighted by Crippen LogP contribution is -2.24. The summed E-state index contributed by atoms with van der Waals surface area (Å²) in [5, 5.41) is 16.1. The maximum absolute atomic E-state index is 5.44. The van der Waals surface area contributed by atoms with Gasteiger partial charge in [-0.15, -0.1) is 5.10 Å². The number of hydrogen-bond acceptors (Lipinski definition) is 6. The van der Waals surface area contributed by atoms with Crippen LogP contribution in [0, 0.1) is 6.92 Å². The van der Waals surface area contributed by atoms with E-state index in [0.29, 0.717) is 12.1 Å². The van der Waals surface area contributed by atoms with Gasteiger partial charge in [-0.1, -0.05) is 5.16 Å². The molecule has 2 aliphatic rings. The van der Waals surface area contributed by atoms with Gasteiger partial charge in [0, 0.05) is 6.07 Å². The lowest BCUT2D eigenvalue weighted by molar-refractivity contribution is 0.199. The number of nitrogens with zero attached hydrogens (tertiary/aromatic N) is 6. The molecule has 2 aromatic rings. The fourth-order valence-corrected chi connectivity index (χ4v) is 2.98. The number of aryl methyl sites for hydroxylation is 1. The van der Waals surface area contributed by atoms with Crippen LogP contribution in [0.25, 0.3) is 0 Å². The summed E-state index contributed by atoms with van der Waals surface area (Å²) in [6.45, 7) is 3.80. The molecule has 0 bridgehead atoms. The van der Waals surface area contributed by atoms with E-state index in [1.165, 1.54) is 19.3 Å². The van der Waals surface area contributed by atoms with Crippen molar-refractivity contribution in [2.45, 2.75) is 51.2 Å². The highest BCUT2D eigenvalue weighted by molar-refractivity contribution is 5.10. The predicted octanol–water partition coefficient (Wildman–Crippen LogP) is 1.64. The third kappa shape index (κ3) is 2.11. The van der Waals surface area contributed by atoms with Gasteiger partial charge in [0.1, 0.15) is 0 Å². The average molecular weight is 274 g/mol. The molecule has 0 amide bonds. The minimum absolute atomic E-state index is 0.306. The number of tetrazole rings is 1. The maximum Gasteiger partial charge on any atom is 0.165 e. The van der Waals surface area contributed by atoms with E-state index in [1.807, 2.05) is 17.7 Å². The van der Waals surface area contributed by atoms with Crippen molar-refractivity contribution in [2.75, 3.05) is 6.54 Å². The SMILES string of the molecule is Cc1cc([C@@H]2CCCN2Cc2nnnn2C2CC2)on1. The van der Waals surface area contributed by atoms with Crippen LogP contribution in [0.4, 0.5) is 0 Å². The van der Waals surface area contributed by atoms with E-state index in [9.17, 15) is 0 Å². The summed E-state index contributed by atoms with van der Waals surface area (Å²) in [6.07, 6.45) is 4.68. The zero-order valence-corrected chi connectivity index (χ0v) is 11.6. The minimum Gasteiger partial charge on any atom is -0.359 e. The lowest BCUT2D eigenvalue weighted by Gasteiger charge is -2.21. The second kappa shape index (κ2) is 4.66. The quantitative estimate of drug-likeness (QED) is 0.844. The number of likely N-dealkylation sites (tertiary alicyclic amines) is 1. The molecule has 0 N–H and O–H groups in total. The van der Waals surface area contributed by atoms with Crippen molar-refractivity contribution in [3.8, 4) is 0 Å². The molecule has 20 heavy (non-hydrogen) atoms. The number of rotatable bonds is 4. The van der Waals surface area contributed by atoms with E-state index in [1.54, 1.807) is 0 Å². The molecule has 0 radical (unpaired) electrons. The fourth-order valence-electron chi connectivity index (χ4n) is 2.98. The lowest BCUT2D eigenvalue weighted by atomic mass is 10.1. The monoisotopic (exact) mass is 274 g/mol. The Labute approximate surface area is 116 Å². The highest BCUT2D eigenvalue weighted by Crippen LogP contribution is 2.36. The van der Waals surface area contributed by atoms with E-state index < -0.39 is 0 Å². The van der Waals surface area contributed by atoms with E-state index in [2.05, 4.69) is 25.6 Å². The van der Waals surface area contributed by atoms with Gasteiger partial charge >= 0.3 is 0 Å². The molecule has 2 fully saturated rings. The fraction of sp³-hybridized carbons (Fsp3) is 0.692. The summed E-state index contributed by atoms with van der Waals surface area (Å²) in [4.78, 5) is 2.39. The van der Waals surface area contributed by atoms with Gasteiger partial charge < -0.3 is 4.52 Å². The Morgan fingerprint density at radius 3 is 3.00 bits per heavy atom. The van der Waals surface area contributed by atoms with Crippen LogP contribution in [0.1, 0.15) is 55.0 Å². The third-order valence-corrected chi connectivity index (χ3v) is 4.14. The summed E-state index contributed by atoms with van der Waals surface area (Å²) in [7, 11) is 0. The standard InChI is InChI=1S/C13H18N6O/c1-9-7-12(20-15-9)11-3-2-6-18(11)8-13-14-16-17-19(13)10-4-5-10/h7,10-11H,2-6,8H2,1H3/t11-/m0/s1. The van der Waals surface area contributed by atoms with Crippen LogP contribution in [0.15, 0.2) is 10.6 Å². The molecule has 3 heterocycles. The van der Waals surface area contributed by atoms with Crippen molar-refractivity contribution < 1.29 is 4.52 Å². The average Bonchev–Trinajstić information content (AvgIpc) is 2.86. The molecule has 4 rings (SSSR count). The molecular weight excluding hydrogens is 256 g/mol. The molecule has 7 heteroatoms. The molecule has 1 aliphatic carbocycles. The summed E-state index contributed by atoms with van der Waals surface area (Å²) in [5.74, 6) is 1.93. The van der Waals surface area contributed by atoms with Crippen molar-refractivity contribution in [1.29, 1.82) is 0 Å².